The number of rotatable bonds is 5. The van der Waals surface area contributed by atoms with Crippen molar-refractivity contribution in [3.05, 3.63) is 65.7 Å². The average molecular weight is 339 g/mol. The average Bonchev–Trinajstić information content (AvgIpc) is 2.94. The number of hydrogen-bond acceptors (Lipinski definition) is 4. The molecule has 0 aromatic heterocycles. The summed E-state index contributed by atoms with van der Waals surface area (Å²) in [4.78, 5) is 37.8. The number of carbonyl (C=O) groups is 3. The van der Waals surface area contributed by atoms with Gasteiger partial charge in [-0.2, -0.15) is 0 Å². The van der Waals surface area contributed by atoms with E-state index >= 15 is 0 Å². The molecule has 0 bridgehead atoms. The smallest absolute Gasteiger partial charge is 0.333 e. The Kier molecular flexibility index (Phi) is 4.76. The summed E-state index contributed by atoms with van der Waals surface area (Å²) in [5.74, 6) is -0.687. The summed E-state index contributed by atoms with van der Waals surface area (Å²) in [5.41, 5.74) is 1.95. The molecule has 25 heavy (non-hydrogen) atoms. The number of hydrogen-bond donors (Lipinski definition) is 2. The van der Waals surface area contributed by atoms with Gasteiger partial charge in [0.2, 0.25) is 0 Å². The predicted octanol–water partition coefficient (Wildman–Crippen LogP) is 1.34. The van der Waals surface area contributed by atoms with Gasteiger partial charge in [-0.05, 0) is 29.8 Å². The first-order valence-corrected chi connectivity index (χ1v) is 7.75. The van der Waals surface area contributed by atoms with E-state index in [1.165, 1.54) is 4.90 Å². The second-order valence-corrected chi connectivity index (χ2v) is 5.55. The van der Waals surface area contributed by atoms with E-state index < -0.39 is 18.7 Å². The molecule has 128 valence electrons. The van der Waals surface area contributed by atoms with Crippen LogP contribution in [-0.2, 0) is 11.3 Å². The van der Waals surface area contributed by atoms with Crippen LogP contribution in [0.5, 0.6) is 0 Å². The molecule has 0 spiro atoms. The monoisotopic (exact) mass is 339 g/mol. The van der Waals surface area contributed by atoms with Crippen molar-refractivity contribution in [1.82, 2.24) is 10.2 Å². The Hall–Kier alpha value is -3.19. The lowest BCUT2D eigenvalue weighted by Crippen LogP contribution is -2.33. The summed E-state index contributed by atoms with van der Waals surface area (Å²) in [6.45, 7) is -0.348. The number of urea groups is 1. The summed E-state index contributed by atoms with van der Waals surface area (Å²) >= 11 is 0. The topological polar surface area (TPSA) is 90.0 Å². The number of carbonyl (C=O) groups excluding carboxylic acids is 3. The van der Waals surface area contributed by atoms with Crippen LogP contribution in [0.25, 0.3) is 0 Å². The molecule has 0 atom stereocenters. The van der Waals surface area contributed by atoms with Gasteiger partial charge in [0.15, 0.2) is 0 Å². The Morgan fingerprint density at radius 3 is 2.32 bits per heavy atom. The van der Waals surface area contributed by atoms with Gasteiger partial charge >= 0.3 is 6.03 Å². The minimum Gasteiger partial charge on any atom is -0.376 e. The summed E-state index contributed by atoms with van der Waals surface area (Å²) in [7, 11) is 0. The zero-order valence-electron chi connectivity index (χ0n) is 13.4. The molecule has 2 aromatic carbocycles. The molecule has 1 fully saturated rings. The molecule has 4 amide bonds. The molecule has 0 unspecified atom stereocenters. The third-order valence-corrected chi connectivity index (χ3v) is 3.93. The lowest BCUT2D eigenvalue weighted by Gasteiger charge is -2.16. The highest BCUT2D eigenvalue weighted by atomic mass is 16.3. The van der Waals surface area contributed by atoms with E-state index in [4.69, 9.17) is 5.11 Å². The minimum absolute atomic E-state index is 0.126. The summed E-state index contributed by atoms with van der Waals surface area (Å²) in [6.07, 6.45) is 0. The molecule has 0 radical (unpaired) electrons. The molecule has 3 rings (SSSR count). The van der Waals surface area contributed by atoms with Crippen molar-refractivity contribution in [1.29, 1.82) is 0 Å². The van der Waals surface area contributed by atoms with E-state index in [1.807, 2.05) is 30.3 Å². The molecular weight excluding hydrogens is 322 g/mol. The summed E-state index contributed by atoms with van der Waals surface area (Å²) in [5, 5.41) is 11.9. The maximum Gasteiger partial charge on any atom is 0.333 e. The summed E-state index contributed by atoms with van der Waals surface area (Å²) in [6, 6.07) is 15.4. The largest absolute Gasteiger partial charge is 0.376 e. The van der Waals surface area contributed by atoms with Crippen LogP contribution < -0.4 is 10.2 Å². The first-order valence-electron chi connectivity index (χ1n) is 7.75. The molecule has 1 aliphatic heterocycles. The number of aliphatic hydroxyl groups excluding tert-OH is 1. The van der Waals surface area contributed by atoms with Gasteiger partial charge in [0.1, 0.15) is 13.3 Å². The molecule has 2 aromatic rings. The van der Waals surface area contributed by atoms with Gasteiger partial charge in [-0.1, -0.05) is 30.3 Å². The van der Waals surface area contributed by atoms with Gasteiger partial charge in [0, 0.05) is 17.8 Å². The lowest BCUT2D eigenvalue weighted by molar-refractivity contribution is -0.127. The molecule has 7 nitrogen and oxygen atoms in total. The zero-order valence-corrected chi connectivity index (χ0v) is 13.4. The zero-order chi connectivity index (χ0) is 17.8. The Balaban J connectivity index is 1.65. The van der Waals surface area contributed by atoms with Crippen LogP contribution in [-0.4, -0.2) is 41.1 Å². The van der Waals surface area contributed by atoms with Crippen LogP contribution in [0, 0.1) is 0 Å². The van der Waals surface area contributed by atoms with Crippen molar-refractivity contribution in [2.45, 2.75) is 6.54 Å². The van der Waals surface area contributed by atoms with Gasteiger partial charge in [-0.25, -0.2) is 9.69 Å². The quantitative estimate of drug-likeness (QED) is 0.804. The van der Waals surface area contributed by atoms with Crippen molar-refractivity contribution in [3.63, 3.8) is 0 Å². The molecular formula is C18H17N3O4. The van der Waals surface area contributed by atoms with Crippen molar-refractivity contribution in [2.75, 3.05) is 18.2 Å². The Morgan fingerprint density at radius 1 is 1.04 bits per heavy atom. The predicted molar refractivity (Wildman–Crippen MR) is 90.7 cm³/mol. The second-order valence-electron chi connectivity index (χ2n) is 5.55. The van der Waals surface area contributed by atoms with Crippen molar-refractivity contribution in [3.8, 4) is 0 Å². The molecule has 0 saturated carbocycles. The standard InChI is InChI=1S/C18H17N3O4/c22-12-21-16(23)11-20(18(21)25)15-8-6-14(7-9-15)17(24)19-10-13-4-2-1-3-5-13/h1-9,22H,10-12H2,(H,19,24). The van der Waals surface area contributed by atoms with Crippen LogP contribution in [0.4, 0.5) is 10.5 Å². The number of aliphatic hydroxyl groups is 1. The highest BCUT2D eigenvalue weighted by molar-refractivity contribution is 6.12. The van der Waals surface area contributed by atoms with Crippen LogP contribution in [0.1, 0.15) is 15.9 Å². The fourth-order valence-corrected chi connectivity index (χ4v) is 2.55. The maximum atomic E-state index is 12.2. The maximum absolute atomic E-state index is 12.2. The van der Waals surface area contributed by atoms with Crippen molar-refractivity contribution < 1.29 is 19.5 Å². The van der Waals surface area contributed by atoms with Crippen LogP contribution in [0.3, 0.4) is 0 Å². The fraction of sp³-hybridized carbons (Fsp3) is 0.167. The number of nitrogens with one attached hydrogen (secondary N) is 1. The first kappa shape index (κ1) is 16.7. The van der Waals surface area contributed by atoms with Crippen molar-refractivity contribution >= 4 is 23.5 Å². The van der Waals surface area contributed by atoms with Crippen LogP contribution >= 0.6 is 0 Å². The molecule has 2 N–H and O–H groups in total. The number of benzene rings is 2. The van der Waals surface area contributed by atoms with Gasteiger partial charge in [-0.15, -0.1) is 0 Å². The molecule has 1 aliphatic rings. The Bertz CT molecular complexity index is 790. The number of imide groups is 1. The highest BCUT2D eigenvalue weighted by Crippen LogP contribution is 2.21. The lowest BCUT2D eigenvalue weighted by atomic mass is 10.1. The number of nitrogens with zero attached hydrogens (tertiary/aromatic N) is 2. The Labute approximate surface area is 144 Å². The van der Waals surface area contributed by atoms with Crippen LogP contribution in [0.15, 0.2) is 54.6 Å². The van der Waals surface area contributed by atoms with E-state index in [0.717, 1.165) is 10.5 Å². The molecule has 1 saturated heterocycles. The SMILES string of the molecule is O=C(NCc1ccccc1)c1ccc(N2CC(=O)N(CO)C2=O)cc1. The van der Waals surface area contributed by atoms with Gasteiger partial charge < -0.3 is 10.4 Å². The second kappa shape index (κ2) is 7.14. The van der Waals surface area contributed by atoms with E-state index in [-0.39, 0.29) is 12.5 Å². The molecule has 1 heterocycles. The Morgan fingerprint density at radius 2 is 1.72 bits per heavy atom. The van der Waals surface area contributed by atoms with Gasteiger partial charge in [0.25, 0.3) is 11.8 Å². The minimum atomic E-state index is -0.645. The molecule has 7 heteroatoms. The normalized spacial score (nSPS) is 14.1. The summed E-state index contributed by atoms with van der Waals surface area (Å²) < 4.78 is 0. The fourth-order valence-electron chi connectivity index (χ4n) is 2.55. The van der Waals surface area contributed by atoms with E-state index in [9.17, 15) is 14.4 Å². The van der Waals surface area contributed by atoms with E-state index in [2.05, 4.69) is 5.32 Å². The van der Waals surface area contributed by atoms with E-state index in [0.29, 0.717) is 17.8 Å². The van der Waals surface area contributed by atoms with Gasteiger partial charge in [0.05, 0.1) is 0 Å². The van der Waals surface area contributed by atoms with E-state index in [1.54, 1.807) is 24.3 Å². The highest BCUT2D eigenvalue weighted by Gasteiger charge is 2.36. The van der Waals surface area contributed by atoms with Crippen LogP contribution in [0.2, 0.25) is 0 Å². The van der Waals surface area contributed by atoms with Gasteiger partial charge in [-0.3, -0.25) is 14.5 Å². The number of anilines is 1. The first-order chi connectivity index (χ1) is 12.1. The third kappa shape index (κ3) is 3.51. The number of amides is 4. The van der Waals surface area contributed by atoms with Crippen molar-refractivity contribution in [2.24, 2.45) is 0 Å². The molecule has 0 aliphatic carbocycles. The third-order valence-electron chi connectivity index (χ3n) is 3.93.